The zero-order chi connectivity index (χ0) is 17.8. The molecule has 0 radical (unpaired) electrons. The maximum Gasteiger partial charge on any atom is 0.255 e. The Morgan fingerprint density at radius 2 is 2.00 bits per heavy atom. The molecular formula is C20H23N3O2. The Bertz CT molecular complexity index is 743. The molecule has 1 fully saturated rings. The number of anilines is 1. The number of pyridine rings is 1. The second-order valence-electron chi connectivity index (χ2n) is 6.47. The fourth-order valence-electron chi connectivity index (χ4n) is 3.11. The first-order valence-corrected chi connectivity index (χ1v) is 8.64. The standard InChI is InChI=1S/C20H23N3O2/c1-3-22(2)20(25)16-9-10-17(21-13-16)11-15-12-19(24)23(14-15)18-7-5-4-6-8-18/h4-10,13,15H,3,11-12,14H2,1-2H3. The Balaban J connectivity index is 1.64. The van der Waals surface area contributed by atoms with Crippen LogP contribution in [0.1, 0.15) is 29.4 Å². The van der Waals surface area contributed by atoms with E-state index >= 15 is 0 Å². The lowest BCUT2D eigenvalue weighted by atomic mass is 10.0. The molecule has 2 amide bonds. The van der Waals surface area contributed by atoms with E-state index < -0.39 is 0 Å². The van der Waals surface area contributed by atoms with Crippen LogP contribution in [0.2, 0.25) is 0 Å². The smallest absolute Gasteiger partial charge is 0.255 e. The first kappa shape index (κ1) is 17.1. The summed E-state index contributed by atoms with van der Waals surface area (Å²) >= 11 is 0. The van der Waals surface area contributed by atoms with Crippen LogP contribution >= 0.6 is 0 Å². The van der Waals surface area contributed by atoms with E-state index in [1.165, 1.54) is 0 Å². The molecule has 1 aliphatic rings. The third-order valence-electron chi connectivity index (χ3n) is 4.66. The number of aromatic nitrogens is 1. The molecule has 0 N–H and O–H groups in total. The lowest BCUT2D eigenvalue weighted by Gasteiger charge is -2.16. The Labute approximate surface area is 148 Å². The van der Waals surface area contributed by atoms with Crippen LogP contribution in [0.15, 0.2) is 48.7 Å². The number of hydrogen-bond donors (Lipinski definition) is 0. The minimum atomic E-state index is -0.0205. The van der Waals surface area contributed by atoms with Gasteiger partial charge in [-0.3, -0.25) is 14.6 Å². The van der Waals surface area contributed by atoms with Crippen LogP contribution in [0.5, 0.6) is 0 Å². The van der Waals surface area contributed by atoms with E-state index in [0.29, 0.717) is 25.1 Å². The molecule has 3 rings (SSSR count). The largest absolute Gasteiger partial charge is 0.342 e. The van der Waals surface area contributed by atoms with Crippen LogP contribution in [0, 0.1) is 5.92 Å². The first-order chi connectivity index (χ1) is 12.1. The normalized spacial score (nSPS) is 17.0. The molecular weight excluding hydrogens is 314 g/mol. The summed E-state index contributed by atoms with van der Waals surface area (Å²) in [6.45, 7) is 3.32. The summed E-state index contributed by atoms with van der Waals surface area (Å²) in [5, 5.41) is 0. The van der Waals surface area contributed by atoms with Gasteiger partial charge in [0.1, 0.15) is 0 Å². The van der Waals surface area contributed by atoms with Crippen molar-refractivity contribution in [2.45, 2.75) is 19.8 Å². The molecule has 5 nitrogen and oxygen atoms in total. The molecule has 1 aromatic heterocycles. The van der Waals surface area contributed by atoms with Gasteiger partial charge in [0.15, 0.2) is 0 Å². The fraction of sp³-hybridized carbons (Fsp3) is 0.350. The van der Waals surface area contributed by atoms with E-state index in [1.54, 1.807) is 18.1 Å². The highest BCUT2D eigenvalue weighted by Crippen LogP contribution is 2.26. The number of amides is 2. The molecule has 5 heteroatoms. The van der Waals surface area contributed by atoms with Gasteiger partial charge in [-0.05, 0) is 43.5 Å². The molecule has 2 heterocycles. The van der Waals surface area contributed by atoms with E-state index in [1.807, 2.05) is 54.3 Å². The molecule has 0 spiro atoms. The number of hydrogen-bond acceptors (Lipinski definition) is 3. The third-order valence-corrected chi connectivity index (χ3v) is 4.66. The quantitative estimate of drug-likeness (QED) is 0.843. The highest BCUT2D eigenvalue weighted by atomic mass is 16.2. The van der Waals surface area contributed by atoms with Gasteiger partial charge in [-0.2, -0.15) is 0 Å². The Kier molecular flexibility index (Phi) is 5.12. The number of carbonyl (C=O) groups is 2. The molecule has 2 aromatic rings. The number of carbonyl (C=O) groups excluding carboxylic acids is 2. The summed E-state index contributed by atoms with van der Waals surface area (Å²) in [5.74, 6) is 0.389. The molecule has 1 aliphatic heterocycles. The van der Waals surface area contributed by atoms with Crippen LogP contribution in [-0.4, -0.2) is 41.8 Å². The highest BCUT2D eigenvalue weighted by molar-refractivity contribution is 5.95. The number of para-hydroxylation sites is 1. The first-order valence-electron chi connectivity index (χ1n) is 8.64. The van der Waals surface area contributed by atoms with Crippen molar-refractivity contribution in [1.82, 2.24) is 9.88 Å². The van der Waals surface area contributed by atoms with Crippen molar-refractivity contribution in [2.24, 2.45) is 5.92 Å². The van der Waals surface area contributed by atoms with Gasteiger partial charge in [-0.25, -0.2) is 0 Å². The van der Waals surface area contributed by atoms with Crippen LogP contribution in [0.25, 0.3) is 0 Å². The van der Waals surface area contributed by atoms with Crippen LogP contribution < -0.4 is 4.90 Å². The summed E-state index contributed by atoms with van der Waals surface area (Å²) in [4.78, 5) is 32.3. The molecule has 25 heavy (non-hydrogen) atoms. The van der Waals surface area contributed by atoms with E-state index in [9.17, 15) is 9.59 Å². The van der Waals surface area contributed by atoms with E-state index in [0.717, 1.165) is 17.8 Å². The van der Waals surface area contributed by atoms with Crippen LogP contribution in [0.3, 0.4) is 0 Å². The predicted octanol–water partition coefficient (Wildman–Crippen LogP) is 2.77. The highest BCUT2D eigenvalue weighted by Gasteiger charge is 2.30. The van der Waals surface area contributed by atoms with Crippen molar-refractivity contribution >= 4 is 17.5 Å². The fourth-order valence-corrected chi connectivity index (χ4v) is 3.11. The molecule has 0 saturated carbocycles. The van der Waals surface area contributed by atoms with Gasteiger partial charge >= 0.3 is 0 Å². The van der Waals surface area contributed by atoms with Crippen LogP contribution in [0.4, 0.5) is 5.69 Å². The Hall–Kier alpha value is -2.69. The average Bonchev–Trinajstić information content (AvgIpc) is 3.02. The van der Waals surface area contributed by atoms with Crippen molar-refractivity contribution in [3.8, 4) is 0 Å². The molecule has 130 valence electrons. The van der Waals surface area contributed by atoms with Gasteiger partial charge in [0.2, 0.25) is 5.91 Å². The molecule has 1 atom stereocenters. The monoisotopic (exact) mass is 337 g/mol. The lowest BCUT2D eigenvalue weighted by Crippen LogP contribution is -2.26. The summed E-state index contributed by atoms with van der Waals surface area (Å²) in [5.41, 5.74) is 2.47. The molecule has 0 aliphatic carbocycles. The third kappa shape index (κ3) is 3.87. The predicted molar refractivity (Wildman–Crippen MR) is 97.5 cm³/mol. The van der Waals surface area contributed by atoms with Gasteiger partial charge in [0, 0.05) is 44.1 Å². The summed E-state index contributed by atoms with van der Waals surface area (Å²) in [7, 11) is 1.78. The van der Waals surface area contributed by atoms with Crippen molar-refractivity contribution in [1.29, 1.82) is 0 Å². The topological polar surface area (TPSA) is 53.5 Å². The van der Waals surface area contributed by atoms with E-state index in [2.05, 4.69) is 4.98 Å². The Morgan fingerprint density at radius 1 is 1.24 bits per heavy atom. The summed E-state index contributed by atoms with van der Waals surface area (Å²) < 4.78 is 0. The SMILES string of the molecule is CCN(C)C(=O)c1ccc(CC2CC(=O)N(c3ccccc3)C2)nc1. The lowest BCUT2D eigenvalue weighted by molar-refractivity contribution is -0.117. The van der Waals surface area contributed by atoms with Gasteiger partial charge < -0.3 is 9.80 Å². The second kappa shape index (κ2) is 7.47. The molecule has 1 unspecified atom stereocenters. The zero-order valence-electron chi connectivity index (χ0n) is 14.7. The number of rotatable bonds is 5. The van der Waals surface area contributed by atoms with Crippen molar-refractivity contribution < 1.29 is 9.59 Å². The van der Waals surface area contributed by atoms with E-state index in [4.69, 9.17) is 0 Å². The second-order valence-corrected chi connectivity index (χ2v) is 6.47. The van der Waals surface area contributed by atoms with E-state index in [-0.39, 0.29) is 17.7 Å². The molecule has 1 aromatic carbocycles. The van der Waals surface area contributed by atoms with Gasteiger partial charge in [-0.1, -0.05) is 18.2 Å². The van der Waals surface area contributed by atoms with Gasteiger partial charge in [0.05, 0.1) is 5.56 Å². The number of nitrogens with zero attached hydrogens (tertiary/aromatic N) is 3. The number of benzene rings is 1. The Morgan fingerprint density at radius 3 is 2.64 bits per heavy atom. The van der Waals surface area contributed by atoms with Gasteiger partial charge in [-0.15, -0.1) is 0 Å². The minimum Gasteiger partial charge on any atom is -0.342 e. The van der Waals surface area contributed by atoms with Gasteiger partial charge in [0.25, 0.3) is 5.91 Å². The van der Waals surface area contributed by atoms with Crippen molar-refractivity contribution in [2.75, 3.05) is 25.0 Å². The van der Waals surface area contributed by atoms with Crippen molar-refractivity contribution in [3.63, 3.8) is 0 Å². The maximum absolute atomic E-state index is 12.3. The summed E-state index contributed by atoms with van der Waals surface area (Å²) in [6, 6.07) is 13.5. The molecule has 0 bridgehead atoms. The average molecular weight is 337 g/mol. The van der Waals surface area contributed by atoms with Crippen molar-refractivity contribution in [3.05, 3.63) is 59.9 Å². The zero-order valence-corrected chi connectivity index (χ0v) is 14.7. The minimum absolute atomic E-state index is 0.0205. The maximum atomic E-state index is 12.3. The molecule has 1 saturated heterocycles. The summed E-state index contributed by atoms with van der Waals surface area (Å²) in [6.07, 6.45) is 2.92. The van der Waals surface area contributed by atoms with Crippen LogP contribution in [-0.2, 0) is 11.2 Å².